The highest BCUT2D eigenvalue weighted by Crippen LogP contribution is 1.91. The Bertz CT molecular complexity index is 532. The van der Waals surface area contributed by atoms with Crippen molar-refractivity contribution in [1.29, 1.82) is 0 Å². The largest absolute Gasteiger partial charge is 0.396 e. The van der Waals surface area contributed by atoms with Crippen LogP contribution < -0.4 is 11.2 Å². The van der Waals surface area contributed by atoms with Crippen LogP contribution in [0.5, 0.6) is 0 Å². The lowest BCUT2D eigenvalue weighted by Crippen LogP contribution is -2.40. The van der Waals surface area contributed by atoms with E-state index in [2.05, 4.69) is 0 Å². The molecule has 7 nitrogen and oxygen atoms in total. The maximum Gasteiger partial charge on any atom is 0.331 e. The first kappa shape index (κ1) is 14.2. The molecule has 1 heterocycles. The summed E-state index contributed by atoms with van der Waals surface area (Å²) >= 11 is 0. The first-order valence-electron chi connectivity index (χ1n) is 5.58. The summed E-state index contributed by atoms with van der Waals surface area (Å²) in [5, 5.41) is 8.67. The Morgan fingerprint density at radius 1 is 1.44 bits per heavy atom. The Balaban J connectivity index is 2.80. The number of nitrogens with zero attached hydrogens (tertiary/aromatic N) is 3. The number of hydrogen-bond donors (Lipinski definition) is 1. The second-order valence-electron chi connectivity index (χ2n) is 4.02. The summed E-state index contributed by atoms with van der Waals surface area (Å²) in [4.78, 5) is 36.1. The van der Waals surface area contributed by atoms with E-state index in [-0.39, 0.29) is 19.1 Å². The van der Waals surface area contributed by atoms with Gasteiger partial charge in [0.2, 0.25) is 5.91 Å². The molecule has 0 saturated heterocycles. The molecule has 1 rings (SSSR count). The van der Waals surface area contributed by atoms with E-state index in [1.165, 1.54) is 28.8 Å². The second kappa shape index (κ2) is 6.15. The fourth-order valence-electron chi connectivity index (χ4n) is 1.44. The van der Waals surface area contributed by atoms with Crippen LogP contribution in [0, 0.1) is 0 Å². The van der Waals surface area contributed by atoms with E-state index in [4.69, 9.17) is 5.11 Å². The SMILES string of the molecule is CN(CCCO)C(=O)Cn1ccc(=O)n(C)c1=O. The summed E-state index contributed by atoms with van der Waals surface area (Å²) in [6.45, 7) is 0.322. The molecule has 0 bridgehead atoms. The van der Waals surface area contributed by atoms with Gasteiger partial charge in [-0.1, -0.05) is 0 Å². The number of amides is 1. The van der Waals surface area contributed by atoms with E-state index in [0.29, 0.717) is 13.0 Å². The highest BCUT2D eigenvalue weighted by molar-refractivity contribution is 5.75. The zero-order valence-corrected chi connectivity index (χ0v) is 10.5. The van der Waals surface area contributed by atoms with E-state index in [1.54, 1.807) is 7.05 Å². The van der Waals surface area contributed by atoms with Crippen molar-refractivity contribution in [3.05, 3.63) is 33.1 Å². The van der Waals surface area contributed by atoms with Crippen molar-refractivity contribution in [2.24, 2.45) is 7.05 Å². The Morgan fingerprint density at radius 3 is 2.72 bits per heavy atom. The fraction of sp³-hybridized carbons (Fsp3) is 0.545. The molecule has 0 fully saturated rings. The van der Waals surface area contributed by atoms with Crippen LogP contribution in [-0.2, 0) is 18.4 Å². The monoisotopic (exact) mass is 255 g/mol. The zero-order chi connectivity index (χ0) is 13.7. The lowest BCUT2D eigenvalue weighted by molar-refractivity contribution is -0.130. The maximum absolute atomic E-state index is 11.8. The normalized spacial score (nSPS) is 10.4. The molecular weight excluding hydrogens is 238 g/mol. The standard InChI is InChI=1S/C11H17N3O4/c1-12(5-3-7-15)10(17)8-14-6-4-9(16)13(2)11(14)18/h4,6,15H,3,5,7-8H2,1-2H3. The van der Waals surface area contributed by atoms with Crippen molar-refractivity contribution in [3.63, 3.8) is 0 Å². The maximum atomic E-state index is 11.8. The third kappa shape index (κ3) is 3.30. The lowest BCUT2D eigenvalue weighted by Gasteiger charge is -2.17. The highest BCUT2D eigenvalue weighted by Gasteiger charge is 2.10. The molecule has 18 heavy (non-hydrogen) atoms. The third-order valence-corrected chi connectivity index (χ3v) is 2.64. The Labute approximate surface area is 104 Å². The third-order valence-electron chi connectivity index (χ3n) is 2.64. The summed E-state index contributed by atoms with van der Waals surface area (Å²) in [5.41, 5.74) is -0.927. The number of aliphatic hydroxyl groups excluding tert-OH is 1. The van der Waals surface area contributed by atoms with Crippen LogP contribution in [0.4, 0.5) is 0 Å². The van der Waals surface area contributed by atoms with Crippen LogP contribution in [-0.4, -0.2) is 45.2 Å². The Hall–Kier alpha value is -1.89. The minimum absolute atomic E-state index is 0.0113. The van der Waals surface area contributed by atoms with Crippen molar-refractivity contribution in [2.45, 2.75) is 13.0 Å². The van der Waals surface area contributed by atoms with Crippen LogP contribution >= 0.6 is 0 Å². The predicted molar refractivity (Wildman–Crippen MR) is 65.3 cm³/mol. The van der Waals surface area contributed by atoms with Gasteiger partial charge in [0.05, 0.1) is 0 Å². The van der Waals surface area contributed by atoms with Gasteiger partial charge in [0.25, 0.3) is 5.56 Å². The van der Waals surface area contributed by atoms with Gasteiger partial charge in [0.1, 0.15) is 6.54 Å². The van der Waals surface area contributed by atoms with Gasteiger partial charge in [0.15, 0.2) is 0 Å². The molecule has 0 spiro atoms. The number of hydrogen-bond acceptors (Lipinski definition) is 4. The molecule has 0 atom stereocenters. The minimum atomic E-state index is -0.522. The van der Waals surface area contributed by atoms with Crippen molar-refractivity contribution in [1.82, 2.24) is 14.0 Å². The quantitative estimate of drug-likeness (QED) is 0.686. The molecule has 0 radical (unpaired) electrons. The smallest absolute Gasteiger partial charge is 0.331 e. The van der Waals surface area contributed by atoms with Gasteiger partial charge in [-0.25, -0.2) is 4.79 Å². The van der Waals surface area contributed by atoms with Crippen LogP contribution in [0.2, 0.25) is 0 Å². The molecule has 0 aliphatic carbocycles. The number of aliphatic hydroxyl groups is 1. The van der Waals surface area contributed by atoms with Crippen LogP contribution in [0.15, 0.2) is 21.9 Å². The molecule has 0 aliphatic rings. The van der Waals surface area contributed by atoms with Gasteiger partial charge in [-0.3, -0.25) is 18.7 Å². The minimum Gasteiger partial charge on any atom is -0.396 e. The molecular formula is C11H17N3O4. The first-order valence-corrected chi connectivity index (χ1v) is 5.58. The predicted octanol–water partition coefficient (Wildman–Crippen LogP) is -1.61. The Kier molecular flexibility index (Phi) is 4.85. The number of likely N-dealkylation sites (N-methyl/N-ethyl adjacent to an activating group) is 1. The molecule has 0 saturated carbocycles. The molecule has 0 aromatic carbocycles. The second-order valence-corrected chi connectivity index (χ2v) is 4.02. The first-order chi connectivity index (χ1) is 8.47. The van der Waals surface area contributed by atoms with Crippen molar-refractivity contribution >= 4 is 5.91 Å². The highest BCUT2D eigenvalue weighted by atomic mass is 16.3. The molecule has 7 heteroatoms. The van der Waals surface area contributed by atoms with E-state index in [0.717, 1.165) is 4.57 Å². The van der Waals surface area contributed by atoms with Crippen LogP contribution in [0.25, 0.3) is 0 Å². The average molecular weight is 255 g/mol. The summed E-state index contributed by atoms with van der Waals surface area (Å²) < 4.78 is 2.13. The summed E-state index contributed by atoms with van der Waals surface area (Å²) in [6, 6.07) is 1.24. The van der Waals surface area contributed by atoms with E-state index < -0.39 is 11.2 Å². The number of carbonyl (C=O) groups is 1. The van der Waals surface area contributed by atoms with E-state index in [9.17, 15) is 14.4 Å². The average Bonchev–Trinajstić information content (AvgIpc) is 2.36. The molecule has 100 valence electrons. The number of rotatable bonds is 5. The topological polar surface area (TPSA) is 84.5 Å². The molecule has 1 aromatic rings. The Morgan fingerprint density at radius 2 is 2.11 bits per heavy atom. The van der Waals surface area contributed by atoms with Crippen molar-refractivity contribution in [3.8, 4) is 0 Å². The number of aromatic nitrogens is 2. The zero-order valence-electron chi connectivity index (χ0n) is 10.5. The van der Waals surface area contributed by atoms with E-state index in [1.807, 2.05) is 0 Å². The van der Waals surface area contributed by atoms with Gasteiger partial charge in [0, 0.05) is 39.5 Å². The van der Waals surface area contributed by atoms with Gasteiger partial charge in [-0.15, -0.1) is 0 Å². The van der Waals surface area contributed by atoms with Crippen molar-refractivity contribution in [2.75, 3.05) is 20.2 Å². The molecule has 0 unspecified atom stereocenters. The molecule has 1 N–H and O–H groups in total. The summed E-state index contributed by atoms with van der Waals surface area (Å²) in [7, 11) is 2.96. The summed E-state index contributed by atoms with van der Waals surface area (Å²) in [6.07, 6.45) is 1.80. The van der Waals surface area contributed by atoms with Gasteiger partial charge < -0.3 is 10.0 Å². The molecule has 1 aromatic heterocycles. The van der Waals surface area contributed by atoms with Gasteiger partial charge in [-0.2, -0.15) is 0 Å². The fourth-order valence-corrected chi connectivity index (χ4v) is 1.44. The lowest BCUT2D eigenvalue weighted by atomic mass is 10.4. The number of carbonyl (C=O) groups excluding carboxylic acids is 1. The van der Waals surface area contributed by atoms with Crippen molar-refractivity contribution < 1.29 is 9.90 Å². The van der Waals surface area contributed by atoms with Gasteiger partial charge in [-0.05, 0) is 6.42 Å². The molecule has 1 amide bonds. The van der Waals surface area contributed by atoms with Gasteiger partial charge >= 0.3 is 5.69 Å². The van der Waals surface area contributed by atoms with Crippen LogP contribution in [0.3, 0.4) is 0 Å². The summed E-state index contributed by atoms with van der Waals surface area (Å²) in [5.74, 6) is -0.246. The van der Waals surface area contributed by atoms with Crippen LogP contribution in [0.1, 0.15) is 6.42 Å². The van der Waals surface area contributed by atoms with E-state index >= 15 is 0 Å². The molecule has 0 aliphatic heterocycles.